The fraction of sp³-hybridized carbons (Fsp3) is 0.0476. The Morgan fingerprint density at radius 1 is 1.04 bits per heavy atom. The molecule has 0 atom stereocenters. The highest BCUT2D eigenvalue weighted by atomic mass is 19.1. The summed E-state index contributed by atoms with van der Waals surface area (Å²) in [6.07, 6.45) is 2.89. The van der Waals surface area contributed by atoms with Crippen LogP contribution < -0.4 is 9.47 Å². The van der Waals surface area contributed by atoms with Crippen molar-refractivity contribution in [3.8, 4) is 22.6 Å². The molecule has 0 N–H and O–H groups in total. The van der Waals surface area contributed by atoms with Gasteiger partial charge in [0.05, 0.1) is 0 Å². The number of benzene rings is 2. The number of hydrogen-bond donors (Lipinski definition) is 0. The zero-order chi connectivity index (χ0) is 20.7. The molecule has 0 aliphatic carbocycles. The van der Waals surface area contributed by atoms with Crippen LogP contribution in [0.1, 0.15) is 6.92 Å². The largest absolute Gasteiger partial charge is 0.459 e. The van der Waals surface area contributed by atoms with Gasteiger partial charge in [0.1, 0.15) is 24.1 Å². The van der Waals surface area contributed by atoms with Crippen molar-refractivity contribution in [1.82, 2.24) is 0 Å². The van der Waals surface area contributed by atoms with Crippen LogP contribution in [-0.4, -0.2) is 11.9 Å². The average molecular weight is 386 g/mol. The molecule has 2 aromatic rings. The van der Waals surface area contributed by atoms with Gasteiger partial charge in [-0.3, -0.25) is 0 Å². The van der Waals surface area contributed by atoms with Crippen LogP contribution in [0.4, 0.5) is 8.78 Å². The molecule has 0 aromatic heterocycles. The number of carbonyl (C=O) groups is 2. The van der Waals surface area contributed by atoms with Crippen molar-refractivity contribution in [3.63, 3.8) is 0 Å². The molecule has 2 aromatic carbocycles. The molecule has 5 nitrogen and oxygen atoms in total. The third-order valence-electron chi connectivity index (χ3n) is 3.34. The third kappa shape index (κ3) is 5.38. The zero-order valence-electron chi connectivity index (χ0n) is 14.9. The molecule has 144 valence electrons. The van der Waals surface area contributed by atoms with Crippen LogP contribution in [0.3, 0.4) is 0 Å². The smallest absolute Gasteiger partial charge is 0.338 e. The minimum atomic E-state index is -0.755. The maximum absolute atomic E-state index is 14.3. The van der Waals surface area contributed by atoms with Gasteiger partial charge >= 0.3 is 11.9 Å². The number of carbonyl (C=O) groups excluding carboxylic acids is 2. The number of ether oxygens (including phenoxy) is 3. The first-order valence-corrected chi connectivity index (χ1v) is 7.93. The Labute approximate surface area is 160 Å². The Bertz CT molecular complexity index is 963. The fourth-order valence-electron chi connectivity index (χ4n) is 2.01. The summed E-state index contributed by atoms with van der Waals surface area (Å²) < 4.78 is 43.0. The maximum atomic E-state index is 14.3. The van der Waals surface area contributed by atoms with Crippen molar-refractivity contribution in [3.05, 3.63) is 85.4 Å². The molecule has 0 aliphatic rings. The van der Waals surface area contributed by atoms with Crippen molar-refractivity contribution in [1.29, 1.82) is 0 Å². The summed E-state index contributed by atoms with van der Waals surface area (Å²) in [5, 5.41) is 0. The normalized spacial score (nSPS) is 10.4. The predicted octanol–water partition coefficient (Wildman–Crippen LogP) is 4.69. The highest BCUT2D eigenvalue weighted by molar-refractivity contribution is 5.87. The van der Waals surface area contributed by atoms with Gasteiger partial charge in [0, 0.05) is 23.3 Å². The Morgan fingerprint density at radius 2 is 1.79 bits per heavy atom. The molecule has 28 heavy (non-hydrogen) atoms. The van der Waals surface area contributed by atoms with E-state index < -0.39 is 23.6 Å². The molecule has 0 amide bonds. The quantitative estimate of drug-likeness (QED) is 0.299. The first-order chi connectivity index (χ1) is 13.3. The summed E-state index contributed by atoms with van der Waals surface area (Å²) in [6.45, 7) is 8.13. The fourth-order valence-corrected chi connectivity index (χ4v) is 2.01. The summed E-state index contributed by atoms with van der Waals surface area (Å²) in [5.41, 5.74) is 0.559. The molecule has 0 heterocycles. The van der Waals surface area contributed by atoms with E-state index in [0.29, 0.717) is 0 Å². The summed E-state index contributed by atoms with van der Waals surface area (Å²) in [7, 11) is 0. The van der Waals surface area contributed by atoms with Gasteiger partial charge in [-0.15, -0.1) is 0 Å². The minimum Gasteiger partial charge on any atom is -0.459 e. The van der Waals surface area contributed by atoms with Crippen molar-refractivity contribution in [2.24, 2.45) is 0 Å². The van der Waals surface area contributed by atoms with Gasteiger partial charge in [-0.2, -0.15) is 0 Å². The Balaban J connectivity index is 2.12. The highest BCUT2D eigenvalue weighted by Gasteiger charge is 2.11. The van der Waals surface area contributed by atoms with Gasteiger partial charge in [-0.25, -0.2) is 18.4 Å². The van der Waals surface area contributed by atoms with E-state index in [-0.39, 0.29) is 28.2 Å². The van der Waals surface area contributed by atoms with E-state index in [1.54, 1.807) is 0 Å². The lowest BCUT2D eigenvalue weighted by molar-refractivity contribution is -0.133. The molecule has 0 saturated carbocycles. The van der Waals surface area contributed by atoms with E-state index in [0.717, 1.165) is 30.7 Å². The van der Waals surface area contributed by atoms with Crippen molar-refractivity contribution < 1.29 is 32.6 Å². The predicted molar refractivity (Wildman–Crippen MR) is 98.3 cm³/mol. The van der Waals surface area contributed by atoms with Gasteiger partial charge in [0.25, 0.3) is 0 Å². The second-order valence-corrected chi connectivity index (χ2v) is 5.49. The Morgan fingerprint density at radius 3 is 2.39 bits per heavy atom. The van der Waals surface area contributed by atoms with E-state index in [1.165, 1.54) is 31.2 Å². The van der Waals surface area contributed by atoms with Gasteiger partial charge in [-0.1, -0.05) is 19.2 Å². The Hall–Kier alpha value is -3.74. The number of rotatable bonds is 7. The van der Waals surface area contributed by atoms with Crippen LogP contribution in [0.25, 0.3) is 11.1 Å². The van der Waals surface area contributed by atoms with E-state index >= 15 is 0 Å². The first kappa shape index (κ1) is 20.6. The maximum Gasteiger partial charge on any atom is 0.338 e. The van der Waals surface area contributed by atoms with Gasteiger partial charge in [-0.05, 0) is 36.8 Å². The van der Waals surface area contributed by atoms with Gasteiger partial charge in [0.2, 0.25) is 0 Å². The van der Waals surface area contributed by atoms with Crippen LogP contribution in [0.15, 0.2) is 73.7 Å². The van der Waals surface area contributed by atoms with Crippen molar-refractivity contribution >= 4 is 11.9 Å². The molecular formula is C21H16F2O5. The summed E-state index contributed by atoms with van der Waals surface area (Å²) in [5.74, 6) is -2.97. The second kappa shape index (κ2) is 9.27. The van der Waals surface area contributed by atoms with E-state index in [9.17, 15) is 18.4 Å². The average Bonchev–Trinajstić information content (AvgIpc) is 2.66. The standard InChI is InChI=1S/C21H16F2O5/c1-4-20(24)28-15-6-7-16(17(22)12-15)14-5-8-19(18(23)11-14)26-9-10-27-21(25)13(2)3/h4-12H,1-2H2,3H3. The molecule has 0 fully saturated rings. The van der Waals surface area contributed by atoms with E-state index in [2.05, 4.69) is 17.9 Å². The van der Waals surface area contributed by atoms with Crippen LogP contribution in [0.2, 0.25) is 0 Å². The van der Waals surface area contributed by atoms with Gasteiger partial charge in [0.15, 0.2) is 11.6 Å². The van der Waals surface area contributed by atoms with E-state index in [1.807, 2.05) is 0 Å². The molecule has 7 heteroatoms. The molecule has 0 radical (unpaired) electrons. The first-order valence-electron chi connectivity index (χ1n) is 7.93. The van der Waals surface area contributed by atoms with Crippen LogP contribution in [0, 0.1) is 11.6 Å². The second-order valence-electron chi connectivity index (χ2n) is 5.49. The van der Waals surface area contributed by atoms with Crippen LogP contribution in [-0.2, 0) is 14.3 Å². The topological polar surface area (TPSA) is 61.8 Å². The van der Waals surface area contributed by atoms with E-state index in [4.69, 9.17) is 9.47 Å². The summed E-state index contributed by atoms with van der Waals surface area (Å²) in [4.78, 5) is 22.3. The molecule has 0 aliphatic heterocycles. The molecule has 0 saturated heterocycles. The number of esters is 2. The zero-order valence-corrected chi connectivity index (χ0v) is 14.9. The molecule has 0 bridgehead atoms. The number of hydrogen-bond acceptors (Lipinski definition) is 5. The molecular weight excluding hydrogens is 370 g/mol. The lowest BCUT2D eigenvalue weighted by atomic mass is 10.0. The minimum absolute atomic E-state index is 0.000945. The molecule has 2 rings (SSSR count). The van der Waals surface area contributed by atoms with Crippen LogP contribution >= 0.6 is 0 Å². The Kier molecular flexibility index (Phi) is 6.81. The van der Waals surface area contributed by atoms with Crippen LogP contribution in [0.5, 0.6) is 11.5 Å². The SMILES string of the molecule is C=CC(=O)Oc1ccc(-c2ccc(OC=COC(=O)C(=C)C)c(F)c2)c(F)c1. The monoisotopic (exact) mass is 386 g/mol. The summed E-state index contributed by atoms with van der Waals surface area (Å²) in [6, 6.07) is 7.56. The molecule has 0 spiro atoms. The highest BCUT2D eigenvalue weighted by Crippen LogP contribution is 2.29. The molecule has 0 unspecified atom stereocenters. The van der Waals surface area contributed by atoms with Crippen molar-refractivity contribution in [2.45, 2.75) is 6.92 Å². The van der Waals surface area contributed by atoms with Crippen molar-refractivity contribution in [2.75, 3.05) is 0 Å². The van der Waals surface area contributed by atoms with Gasteiger partial charge < -0.3 is 14.2 Å². The number of halogens is 2. The summed E-state index contributed by atoms with van der Waals surface area (Å²) >= 11 is 0. The lowest BCUT2D eigenvalue weighted by Crippen LogP contribution is -2.03. The third-order valence-corrected chi connectivity index (χ3v) is 3.34. The lowest BCUT2D eigenvalue weighted by Gasteiger charge is -2.08.